The molecule has 25 heavy (non-hydrogen) atoms. The van der Waals surface area contributed by atoms with E-state index < -0.39 is 10.0 Å². The second-order valence-corrected chi connectivity index (χ2v) is 9.76. The van der Waals surface area contributed by atoms with Crippen LogP contribution in [-0.2, 0) is 14.8 Å². The van der Waals surface area contributed by atoms with Gasteiger partial charge in [-0.15, -0.1) is 0 Å². The van der Waals surface area contributed by atoms with E-state index in [4.69, 9.17) is 11.6 Å². The molecule has 7 heteroatoms. The first-order chi connectivity index (χ1) is 11.8. The highest BCUT2D eigenvalue weighted by atomic mass is 35.5. The molecule has 1 aromatic rings. The maximum absolute atomic E-state index is 12.7. The smallest absolute Gasteiger partial charge is 0.243 e. The third-order valence-electron chi connectivity index (χ3n) is 5.41. The Hall–Kier alpha value is -1.11. The summed E-state index contributed by atoms with van der Waals surface area (Å²) in [5.74, 6) is -0.0259. The Bertz CT molecular complexity index is 719. The molecule has 2 aliphatic rings. The van der Waals surface area contributed by atoms with Crippen molar-refractivity contribution in [2.24, 2.45) is 5.92 Å². The maximum Gasteiger partial charge on any atom is 0.243 e. The van der Waals surface area contributed by atoms with Gasteiger partial charge in [0.05, 0.1) is 4.90 Å². The van der Waals surface area contributed by atoms with Gasteiger partial charge in [-0.1, -0.05) is 24.4 Å². The van der Waals surface area contributed by atoms with E-state index in [0.717, 1.165) is 25.7 Å². The Morgan fingerprint density at radius 1 is 1.16 bits per heavy atom. The number of halogens is 1. The lowest BCUT2D eigenvalue weighted by Gasteiger charge is -2.33. The summed E-state index contributed by atoms with van der Waals surface area (Å²) in [5, 5.41) is 3.70. The minimum Gasteiger partial charge on any atom is -0.351 e. The van der Waals surface area contributed by atoms with Gasteiger partial charge in [-0.3, -0.25) is 4.79 Å². The molecule has 1 saturated heterocycles. The van der Waals surface area contributed by atoms with Crippen molar-refractivity contribution in [1.82, 2.24) is 9.62 Å². The first-order valence-electron chi connectivity index (χ1n) is 8.88. The number of sulfonamides is 1. The van der Waals surface area contributed by atoms with Crippen LogP contribution in [0.5, 0.6) is 0 Å². The van der Waals surface area contributed by atoms with Crippen molar-refractivity contribution in [3.63, 3.8) is 0 Å². The average Bonchev–Trinajstić information content (AvgIpc) is 3.01. The normalized spacial score (nSPS) is 22.0. The summed E-state index contributed by atoms with van der Waals surface area (Å²) in [6.07, 6.45) is 5.51. The predicted octanol–water partition coefficient (Wildman–Crippen LogP) is 3.19. The lowest BCUT2D eigenvalue weighted by Crippen LogP contribution is -2.49. The summed E-state index contributed by atoms with van der Waals surface area (Å²) in [6.45, 7) is 2.86. The van der Waals surface area contributed by atoms with E-state index in [0.29, 0.717) is 31.0 Å². The Morgan fingerprint density at radius 3 is 2.28 bits per heavy atom. The van der Waals surface area contributed by atoms with Crippen LogP contribution >= 0.6 is 11.6 Å². The van der Waals surface area contributed by atoms with Crippen LogP contribution in [0.3, 0.4) is 0 Å². The maximum atomic E-state index is 12.7. The van der Waals surface area contributed by atoms with Gasteiger partial charge in [0.2, 0.25) is 15.9 Å². The van der Waals surface area contributed by atoms with Gasteiger partial charge in [0.25, 0.3) is 0 Å². The van der Waals surface area contributed by atoms with Gasteiger partial charge in [0.1, 0.15) is 0 Å². The molecule has 5 nitrogen and oxygen atoms in total. The zero-order valence-electron chi connectivity index (χ0n) is 14.5. The summed E-state index contributed by atoms with van der Waals surface area (Å²) < 4.78 is 26.8. The zero-order chi connectivity index (χ0) is 18.1. The molecule has 2 fully saturated rings. The van der Waals surface area contributed by atoms with E-state index in [9.17, 15) is 13.2 Å². The molecule has 1 saturated carbocycles. The average molecular weight is 385 g/mol. The number of piperidine rings is 1. The Balaban J connectivity index is 1.59. The summed E-state index contributed by atoms with van der Waals surface area (Å²) >= 11 is 5.83. The highest BCUT2D eigenvalue weighted by Crippen LogP contribution is 2.30. The first-order valence-corrected chi connectivity index (χ1v) is 10.7. The topological polar surface area (TPSA) is 66.5 Å². The molecule has 0 aromatic heterocycles. The van der Waals surface area contributed by atoms with Gasteiger partial charge in [-0.05, 0) is 56.9 Å². The van der Waals surface area contributed by atoms with Crippen LogP contribution in [0.15, 0.2) is 29.2 Å². The fraction of sp³-hybridized carbons (Fsp3) is 0.611. The molecule has 1 aliphatic heterocycles. The van der Waals surface area contributed by atoms with Crippen LogP contribution in [0, 0.1) is 5.92 Å². The molecule has 0 spiro atoms. The molecule has 1 amide bonds. The fourth-order valence-corrected chi connectivity index (χ4v) is 5.39. The van der Waals surface area contributed by atoms with Gasteiger partial charge in [0, 0.05) is 29.6 Å². The van der Waals surface area contributed by atoms with Crippen molar-refractivity contribution in [3.05, 3.63) is 29.3 Å². The van der Waals surface area contributed by atoms with Gasteiger partial charge in [-0.25, -0.2) is 8.42 Å². The fourth-order valence-electron chi connectivity index (χ4n) is 3.79. The third-order valence-corrected chi connectivity index (χ3v) is 7.57. The summed E-state index contributed by atoms with van der Waals surface area (Å²) in [5.41, 5.74) is -0.0798. The molecule has 1 heterocycles. The second kappa shape index (κ2) is 7.25. The highest BCUT2D eigenvalue weighted by molar-refractivity contribution is 7.89. The molecule has 0 radical (unpaired) electrons. The molecule has 0 bridgehead atoms. The number of amides is 1. The Kier molecular flexibility index (Phi) is 5.42. The van der Waals surface area contributed by atoms with E-state index in [1.54, 1.807) is 12.1 Å². The minimum atomic E-state index is -3.52. The minimum absolute atomic E-state index is 0.0768. The van der Waals surface area contributed by atoms with Crippen LogP contribution in [-0.4, -0.2) is 37.3 Å². The van der Waals surface area contributed by atoms with Crippen LogP contribution in [0.25, 0.3) is 0 Å². The zero-order valence-corrected chi connectivity index (χ0v) is 16.1. The SMILES string of the molecule is CC1(NC(=O)C2CCN(S(=O)(=O)c3ccc(Cl)cc3)CC2)CCCC1. The summed E-state index contributed by atoms with van der Waals surface area (Å²) in [7, 11) is -3.52. The Morgan fingerprint density at radius 2 is 1.72 bits per heavy atom. The van der Waals surface area contributed by atoms with Crippen molar-refractivity contribution < 1.29 is 13.2 Å². The number of nitrogens with one attached hydrogen (secondary N) is 1. The third kappa shape index (κ3) is 4.18. The molecule has 0 unspecified atom stereocenters. The van der Waals surface area contributed by atoms with Crippen LogP contribution in [0.4, 0.5) is 0 Å². The van der Waals surface area contributed by atoms with Gasteiger partial charge in [-0.2, -0.15) is 4.31 Å². The quantitative estimate of drug-likeness (QED) is 0.866. The van der Waals surface area contributed by atoms with E-state index >= 15 is 0 Å². The van der Waals surface area contributed by atoms with Crippen LogP contribution in [0.1, 0.15) is 45.4 Å². The number of rotatable bonds is 4. The lowest BCUT2D eigenvalue weighted by atomic mass is 9.94. The first kappa shape index (κ1) is 18.7. The number of nitrogens with zero attached hydrogens (tertiary/aromatic N) is 1. The molecule has 138 valence electrons. The molecule has 3 rings (SSSR count). The molecule has 1 aromatic carbocycles. The van der Waals surface area contributed by atoms with Crippen molar-refractivity contribution in [3.8, 4) is 0 Å². The second-order valence-electron chi connectivity index (χ2n) is 7.39. The number of carbonyl (C=O) groups excluding carboxylic acids is 1. The van der Waals surface area contributed by atoms with Gasteiger partial charge in [0.15, 0.2) is 0 Å². The van der Waals surface area contributed by atoms with E-state index in [-0.39, 0.29) is 22.3 Å². The van der Waals surface area contributed by atoms with Gasteiger partial charge >= 0.3 is 0 Å². The number of hydrogen-bond donors (Lipinski definition) is 1. The van der Waals surface area contributed by atoms with Crippen molar-refractivity contribution in [2.75, 3.05) is 13.1 Å². The van der Waals surface area contributed by atoms with Gasteiger partial charge < -0.3 is 5.32 Å². The molecule has 1 aliphatic carbocycles. The van der Waals surface area contributed by atoms with Crippen LogP contribution in [0.2, 0.25) is 5.02 Å². The number of carbonyl (C=O) groups is 1. The van der Waals surface area contributed by atoms with E-state index in [2.05, 4.69) is 12.2 Å². The lowest BCUT2D eigenvalue weighted by molar-refractivity contribution is -0.127. The van der Waals surface area contributed by atoms with Crippen LogP contribution < -0.4 is 5.32 Å². The predicted molar refractivity (Wildman–Crippen MR) is 98.0 cm³/mol. The summed E-state index contributed by atoms with van der Waals surface area (Å²) in [6, 6.07) is 6.21. The molecule has 1 N–H and O–H groups in total. The van der Waals surface area contributed by atoms with Crippen molar-refractivity contribution in [2.45, 2.75) is 55.9 Å². The number of hydrogen-bond acceptors (Lipinski definition) is 3. The largest absolute Gasteiger partial charge is 0.351 e. The Labute approximate surface area is 154 Å². The molecule has 0 atom stereocenters. The van der Waals surface area contributed by atoms with Crippen molar-refractivity contribution in [1.29, 1.82) is 0 Å². The van der Waals surface area contributed by atoms with E-state index in [1.165, 1.54) is 16.4 Å². The number of benzene rings is 1. The van der Waals surface area contributed by atoms with E-state index in [1.807, 2.05) is 0 Å². The standard InChI is InChI=1S/C18H25ClN2O3S/c1-18(10-2-3-11-18)20-17(22)14-8-12-21(13-9-14)25(23,24)16-6-4-15(19)5-7-16/h4-7,14H,2-3,8-13H2,1H3,(H,20,22). The summed E-state index contributed by atoms with van der Waals surface area (Å²) in [4.78, 5) is 12.8. The monoisotopic (exact) mass is 384 g/mol. The highest BCUT2D eigenvalue weighted by Gasteiger charge is 2.36. The molecular weight excluding hydrogens is 360 g/mol. The van der Waals surface area contributed by atoms with Crippen molar-refractivity contribution >= 4 is 27.5 Å². The molecular formula is C18H25ClN2O3S.